The summed E-state index contributed by atoms with van der Waals surface area (Å²) >= 11 is 1.16. The van der Waals surface area contributed by atoms with Crippen LogP contribution < -0.4 is 4.80 Å². The van der Waals surface area contributed by atoms with Crippen LogP contribution in [-0.2, 0) is 20.8 Å². The van der Waals surface area contributed by atoms with Crippen molar-refractivity contribution in [1.29, 1.82) is 0 Å². The van der Waals surface area contributed by atoms with Crippen molar-refractivity contribution >= 4 is 50.4 Å². The number of benzene rings is 2. The van der Waals surface area contributed by atoms with Crippen LogP contribution in [0.15, 0.2) is 53.7 Å². The highest BCUT2D eigenvalue weighted by Gasteiger charge is 2.16. The average Bonchev–Trinajstić information content (AvgIpc) is 3.14. The van der Waals surface area contributed by atoms with Crippen molar-refractivity contribution in [2.45, 2.75) is 13.5 Å². The molecular weight excluding hydrogens is 432 g/mol. The average molecular weight is 450 g/mol. The molecule has 0 aliphatic carbocycles. The zero-order valence-corrected chi connectivity index (χ0v) is 18.1. The van der Waals surface area contributed by atoms with Crippen LogP contribution in [0.4, 0.5) is 0 Å². The van der Waals surface area contributed by atoms with Crippen molar-refractivity contribution < 1.29 is 23.9 Å². The van der Waals surface area contributed by atoms with Crippen molar-refractivity contribution in [3.05, 3.63) is 64.7 Å². The Kier molecular flexibility index (Phi) is 6.04. The van der Waals surface area contributed by atoms with Crippen LogP contribution in [-0.4, -0.2) is 46.1 Å². The minimum absolute atomic E-state index is 0.0815. The van der Waals surface area contributed by atoms with Crippen LogP contribution >= 0.6 is 11.3 Å². The third-order valence-corrected chi connectivity index (χ3v) is 5.61. The van der Waals surface area contributed by atoms with E-state index in [2.05, 4.69) is 15.0 Å². The molecule has 0 fully saturated rings. The molecule has 2 aromatic carbocycles. The van der Waals surface area contributed by atoms with Crippen molar-refractivity contribution in [2.24, 2.45) is 4.99 Å². The summed E-state index contributed by atoms with van der Waals surface area (Å²) < 4.78 is 12.1. The van der Waals surface area contributed by atoms with E-state index in [1.807, 2.05) is 6.07 Å². The van der Waals surface area contributed by atoms with Crippen LogP contribution in [0.3, 0.4) is 0 Å². The monoisotopic (exact) mass is 450 g/mol. The quantitative estimate of drug-likeness (QED) is 0.430. The number of carbonyl (C=O) groups is 3. The van der Waals surface area contributed by atoms with Crippen molar-refractivity contribution in [1.82, 2.24) is 14.5 Å². The number of fused-ring (bicyclic) bond motifs is 2. The molecule has 0 N–H and O–H groups in total. The summed E-state index contributed by atoms with van der Waals surface area (Å²) in [4.78, 5) is 49.9. The van der Waals surface area contributed by atoms with E-state index < -0.39 is 17.8 Å². The standard InChI is InChI=1S/C22H18N4O5S/c1-3-31-21(29)13-8-9-17-18(10-13)32-22(26(17)12-19(27)30-2)25-20(28)16-11-23-14-6-4-5-7-15(14)24-16/h4-11H,3,12H2,1-2H3. The van der Waals surface area contributed by atoms with E-state index in [-0.39, 0.29) is 23.6 Å². The first kappa shape index (κ1) is 21.3. The fourth-order valence-electron chi connectivity index (χ4n) is 3.05. The highest BCUT2D eigenvalue weighted by atomic mass is 32.1. The van der Waals surface area contributed by atoms with Crippen molar-refractivity contribution in [3.63, 3.8) is 0 Å². The lowest BCUT2D eigenvalue weighted by atomic mass is 10.2. The normalized spacial score (nSPS) is 11.6. The van der Waals surface area contributed by atoms with Gasteiger partial charge in [0.25, 0.3) is 5.91 Å². The Labute approximate surface area is 186 Å². The van der Waals surface area contributed by atoms with Gasteiger partial charge in [-0.3, -0.25) is 14.6 Å². The fraction of sp³-hybridized carbons (Fsp3) is 0.182. The summed E-state index contributed by atoms with van der Waals surface area (Å²) in [6.07, 6.45) is 1.37. The lowest BCUT2D eigenvalue weighted by Gasteiger charge is -2.05. The summed E-state index contributed by atoms with van der Waals surface area (Å²) in [5.74, 6) is -1.55. The fourth-order valence-corrected chi connectivity index (χ4v) is 4.12. The number of para-hydroxylation sites is 2. The van der Waals surface area contributed by atoms with E-state index in [1.54, 1.807) is 47.9 Å². The third kappa shape index (κ3) is 4.26. The molecule has 0 unspecified atom stereocenters. The number of nitrogens with zero attached hydrogens (tertiary/aromatic N) is 4. The highest BCUT2D eigenvalue weighted by molar-refractivity contribution is 7.16. The number of esters is 2. The lowest BCUT2D eigenvalue weighted by molar-refractivity contribution is -0.141. The maximum Gasteiger partial charge on any atom is 0.338 e. The van der Waals surface area contributed by atoms with E-state index in [1.165, 1.54) is 13.3 Å². The van der Waals surface area contributed by atoms with Gasteiger partial charge in [-0.15, -0.1) is 0 Å². The van der Waals surface area contributed by atoms with Gasteiger partial charge in [0, 0.05) is 0 Å². The number of amides is 1. The van der Waals surface area contributed by atoms with Gasteiger partial charge in [-0.1, -0.05) is 23.5 Å². The Morgan fingerprint density at radius 3 is 2.66 bits per heavy atom. The molecule has 0 radical (unpaired) electrons. The van der Waals surface area contributed by atoms with E-state index >= 15 is 0 Å². The number of rotatable bonds is 5. The van der Waals surface area contributed by atoms with Gasteiger partial charge >= 0.3 is 11.9 Å². The molecular formula is C22H18N4O5S. The molecule has 9 nitrogen and oxygen atoms in total. The van der Waals surface area contributed by atoms with E-state index in [4.69, 9.17) is 9.47 Å². The molecule has 0 aliphatic heterocycles. The molecule has 0 aliphatic rings. The summed E-state index contributed by atoms with van der Waals surface area (Å²) in [5, 5.41) is 0. The SMILES string of the molecule is CCOC(=O)c1ccc2c(c1)sc(=NC(=O)c1cnc3ccccc3n1)n2CC(=O)OC. The Balaban J connectivity index is 1.81. The Morgan fingerprint density at radius 2 is 1.91 bits per heavy atom. The second-order valence-electron chi connectivity index (χ2n) is 6.61. The number of thiazole rings is 1. The molecule has 10 heteroatoms. The number of hydrogen-bond donors (Lipinski definition) is 0. The number of ether oxygens (including phenoxy) is 2. The maximum atomic E-state index is 12.8. The first-order chi connectivity index (χ1) is 15.5. The molecule has 4 rings (SSSR count). The molecule has 0 saturated heterocycles. The van der Waals surface area contributed by atoms with Gasteiger partial charge in [0.05, 0.1) is 46.7 Å². The summed E-state index contributed by atoms with van der Waals surface area (Å²) in [5.41, 5.74) is 2.32. The van der Waals surface area contributed by atoms with Gasteiger partial charge in [-0.2, -0.15) is 4.99 Å². The third-order valence-electron chi connectivity index (χ3n) is 4.57. The molecule has 2 aromatic heterocycles. The molecule has 2 heterocycles. The van der Waals surface area contributed by atoms with E-state index in [0.717, 1.165) is 11.3 Å². The van der Waals surface area contributed by atoms with Crippen molar-refractivity contribution in [2.75, 3.05) is 13.7 Å². The number of hydrogen-bond acceptors (Lipinski definition) is 8. The lowest BCUT2D eigenvalue weighted by Crippen LogP contribution is -2.22. The molecule has 0 saturated carbocycles. The van der Waals surface area contributed by atoms with Crippen LogP contribution in [0.5, 0.6) is 0 Å². The Morgan fingerprint density at radius 1 is 1.12 bits per heavy atom. The van der Waals surface area contributed by atoms with Gasteiger partial charge < -0.3 is 14.0 Å². The van der Waals surface area contributed by atoms with Crippen LogP contribution in [0.1, 0.15) is 27.8 Å². The molecule has 0 atom stereocenters. The Bertz CT molecular complexity index is 1420. The van der Waals surface area contributed by atoms with Crippen LogP contribution in [0.25, 0.3) is 21.3 Å². The Hall–Kier alpha value is -3.92. The maximum absolute atomic E-state index is 12.8. The second kappa shape index (κ2) is 9.06. The number of carbonyl (C=O) groups excluding carboxylic acids is 3. The number of aromatic nitrogens is 3. The number of methoxy groups -OCH3 is 1. The molecule has 1 amide bonds. The first-order valence-electron chi connectivity index (χ1n) is 9.68. The topological polar surface area (TPSA) is 113 Å². The van der Waals surface area contributed by atoms with E-state index in [0.29, 0.717) is 26.8 Å². The molecule has 4 aromatic rings. The summed E-state index contributed by atoms with van der Waals surface area (Å²) in [6, 6.07) is 12.1. The molecule has 32 heavy (non-hydrogen) atoms. The minimum Gasteiger partial charge on any atom is -0.468 e. The molecule has 0 spiro atoms. The summed E-state index contributed by atoms with van der Waals surface area (Å²) in [6.45, 7) is 1.83. The zero-order valence-electron chi connectivity index (χ0n) is 17.3. The smallest absolute Gasteiger partial charge is 0.338 e. The zero-order chi connectivity index (χ0) is 22.7. The van der Waals surface area contributed by atoms with E-state index in [9.17, 15) is 14.4 Å². The van der Waals surface area contributed by atoms with Gasteiger partial charge in [-0.05, 0) is 37.3 Å². The van der Waals surface area contributed by atoms with Gasteiger partial charge in [0.15, 0.2) is 4.80 Å². The van der Waals surface area contributed by atoms with Gasteiger partial charge in [0.2, 0.25) is 0 Å². The largest absolute Gasteiger partial charge is 0.468 e. The predicted molar refractivity (Wildman–Crippen MR) is 117 cm³/mol. The van der Waals surface area contributed by atoms with Crippen LogP contribution in [0.2, 0.25) is 0 Å². The highest BCUT2D eigenvalue weighted by Crippen LogP contribution is 2.20. The van der Waals surface area contributed by atoms with Crippen molar-refractivity contribution in [3.8, 4) is 0 Å². The predicted octanol–water partition coefficient (Wildman–Crippen LogP) is 2.74. The minimum atomic E-state index is -0.598. The van der Waals surface area contributed by atoms with Gasteiger partial charge in [0.1, 0.15) is 12.2 Å². The van der Waals surface area contributed by atoms with Crippen LogP contribution in [0, 0.1) is 0 Å². The second-order valence-corrected chi connectivity index (χ2v) is 7.62. The first-order valence-corrected chi connectivity index (χ1v) is 10.5. The molecule has 162 valence electrons. The molecule has 0 bridgehead atoms. The summed E-state index contributed by atoms with van der Waals surface area (Å²) in [7, 11) is 1.28. The van der Waals surface area contributed by atoms with Gasteiger partial charge in [-0.25, -0.2) is 9.78 Å².